The molecule has 106 valence electrons. The van der Waals surface area contributed by atoms with Gasteiger partial charge in [-0.25, -0.2) is 4.98 Å². The summed E-state index contributed by atoms with van der Waals surface area (Å²) in [6.45, 7) is 4.46. The number of imidazole rings is 1. The molecular weight excluding hydrogens is 256 g/mol. The zero-order valence-electron chi connectivity index (χ0n) is 12.5. The van der Waals surface area contributed by atoms with Crippen molar-refractivity contribution in [1.29, 1.82) is 0 Å². The van der Waals surface area contributed by atoms with E-state index >= 15 is 0 Å². The summed E-state index contributed by atoms with van der Waals surface area (Å²) in [5, 5.41) is 0. The first-order valence-electron chi connectivity index (χ1n) is 7.49. The number of hydrogen-bond donors (Lipinski definition) is 0. The highest BCUT2D eigenvalue weighted by atomic mass is 15.1. The molecule has 0 saturated heterocycles. The van der Waals surface area contributed by atoms with Gasteiger partial charge in [-0.2, -0.15) is 0 Å². The molecule has 0 spiro atoms. The van der Waals surface area contributed by atoms with E-state index in [0.29, 0.717) is 6.04 Å². The van der Waals surface area contributed by atoms with Gasteiger partial charge in [0.05, 0.1) is 11.0 Å². The van der Waals surface area contributed by atoms with Crippen LogP contribution in [0.5, 0.6) is 0 Å². The molecule has 0 saturated carbocycles. The van der Waals surface area contributed by atoms with Gasteiger partial charge in [-0.05, 0) is 37.1 Å². The number of fused-ring (bicyclic) bond motifs is 1. The highest BCUT2D eigenvalue weighted by Gasteiger charge is 2.12. The average Bonchev–Trinajstić information content (AvgIpc) is 2.91. The monoisotopic (exact) mass is 276 g/mol. The van der Waals surface area contributed by atoms with Gasteiger partial charge in [0.2, 0.25) is 0 Å². The fourth-order valence-corrected chi connectivity index (χ4v) is 2.56. The van der Waals surface area contributed by atoms with Gasteiger partial charge < -0.3 is 4.57 Å². The third-order valence-corrected chi connectivity index (χ3v) is 3.88. The summed E-state index contributed by atoms with van der Waals surface area (Å²) in [6, 6.07) is 19.1. The van der Waals surface area contributed by atoms with Crippen LogP contribution < -0.4 is 0 Å². The van der Waals surface area contributed by atoms with Crippen LogP contribution in [0.1, 0.15) is 37.7 Å². The predicted octanol–water partition coefficient (Wildman–Crippen LogP) is 5.18. The lowest BCUT2D eigenvalue weighted by molar-refractivity contribution is 0.541. The minimum atomic E-state index is 0.438. The standard InChI is InChI=1S/C19H20N2/c1-3-15(2)21-18-12-8-7-11-17(18)20-19(21)14-13-16-9-5-4-6-10-16/h4-15H,3H2,1-2H3. The zero-order valence-corrected chi connectivity index (χ0v) is 12.5. The normalized spacial score (nSPS) is 13.0. The molecular formula is C19H20N2. The molecule has 0 amide bonds. The molecule has 0 fully saturated rings. The van der Waals surface area contributed by atoms with Crippen molar-refractivity contribution in [1.82, 2.24) is 9.55 Å². The van der Waals surface area contributed by atoms with Crippen LogP contribution in [-0.2, 0) is 0 Å². The van der Waals surface area contributed by atoms with Crippen molar-refractivity contribution in [3.63, 3.8) is 0 Å². The SMILES string of the molecule is CCC(C)n1c(C=Cc2ccccc2)nc2ccccc21. The van der Waals surface area contributed by atoms with Crippen molar-refractivity contribution in [2.45, 2.75) is 26.3 Å². The second-order valence-corrected chi connectivity index (χ2v) is 5.33. The van der Waals surface area contributed by atoms with Crippen LogP contribution in [-0.4, -0.2) is 9.55 Å². The van der Waals surface area contributed by atoms with Gasteiger partial charge in [-0.1, -0.05) is 55.5 Å². The van der Waals surface area contributed by atoms with E-state index in [0.717, 1.165) is 17.8 Å². The van der Waals surface area contributed by atoms with Crippen molar-refractivity contribution in [2.24, 2.45) is 0 Å². The van der Waals surface area contributed by atoms with E-state index in [4.69, 9.17) is 4.98 Å². The Morgan fingerprint density at radius 1 is 1.00 bits per heavy atom. The summed E-state index contributed by atoms with van der Waals surface area (Å²) in [5.41, 5.74) is 3.46. The Kier molecular flexibility index (Phi) is 3.87. The fraction of sp³-hybridized carbons (Fsp3) is 0.211. The third-order valence-electron chi connectivity index (χ3n) is 3.88. The molecule has 1 atom stereocenters. The Bertz CT molecular complexity index is 754. The number of hydrogen-bond acceptors (Lipinski definition) is 1. The first-order chi connectivity index (χ1) is 10.3. The molecule has 0 aliphatic carbocycles. The molecule has 3 rings (SSSR count). The van der Waals surface area contributed by atoms with E-state index < -0.39 is 0 Å². The minimum absolute atomic E-state index is 0.438. The van der Waals surface area contributed by atoms with E-state index in [1.165, 1.54) is 11.1 Å². The number of aromatic nitrogens is 2. The predicted molar refractivity (Wildman–Crippen MR) is 90.1 cm³/mol. The molecule has 0 aliphatic heterocycles. The van der Waals surface area contributed by atoms with E-state index in [9.17, 15) is 0 Å². The third kappa shape index (κ3) is 2.75. The maximum absolute atomic E-state index is 4.77. The number of nitrogens with zero attached hydrogens (tertiary/aromatic N) is 2. The Balaban J connectivity index is 2.07. The molecule has 1 unspecified atom stereocenters. The van der Waals surface area contributed by atoms with Gasteiger partial charge in [-0.15, -0.1) is 0 Å². The summed E-state index contributed by atoms with van der Waals surface area (Å²) in [7, 11) is 0. The summed E-state index contributed by atoms with van der Waals surface area (Å²) < 4.78 is 2.33. The van der Waals surface area contributed by atoms with Crippen LogP contribution in [0.4, 0.5) is 0 Å². The molecule has 0 aliphatic rings. The molecule has 0 bridgehead atoms. The smallest absolute Gasteiger partial charge is 0.134 e. The van der Waals surface area contributed by atoms with E-state index in [2.05, 4.69) is 73.0 Å². The van der Waals surface area contributed by atoms with Crippen LogP contribution in [0.2, 0.25) is 0 Å². The molecule has 2 nitrogen and oxygen atoms in total. The lowest BCUT2D eigenvalue weighted by Crippen LogP contribution is -2.05. The van der Waals surface area contributed by atoms with Crippen LogP contribution in [0.25, 0.3) is 23.2 Å². The first-order valence-corrected chi connectivity index (χ1v) is 7.49. The van der Waals surface area contributed by atoms with Crippen LogP contribution in [0, 0.1) is 0 Å². The Labute approximate surface area is 125 Å². The molecule has 3 aromatic rings. The maximum atomic E-state index is 4.77. The van der Waals surface area contributed by atoms with Gasteiger partial charge in [0.1, 0.15) is 5.82 Å². The second-order valence-electron chi connectivity index (χ2n) is 5.33. The summed E-state index contributed by atoms with van der Waals surface area (Å²) in [4.78, 5) is 4.77. The van der Waals surface area contributed by atoms with Crippen LogP contribution >= 0.6 is 0 Å². The Hall–Kier alpha value is -2.35. The maximum Gasteiger partial charge on any atom is 0.134 e. The lowest BCUT2D eigenvalue weighted by Gasteiger charge is -2.14. The largest absolute Gasteiger partial charge is 0.322 e. The summed E-state index contributed by atoms with van der Waals surface area (Å²) in [5.74, 6) is 1.02. The lowest BCUT2D eigenvalue weighted by atomic mass is 10.2. The first kappa shape index (κ1) is 13.6. The van der Waals surface area contributed by atoms with E-state index in [-0.39, 0.29) is 0 Å². The van der Waals surface area contributed by atoms with Gasteiger partial charge in [0, 0.05) is 6.04 Å². The van der Waals surface area contributed by atoms with Gasteiger partial charge >= 0.3 is 0 Å². The fourth-order valence-electron chi connectivity index (χ4n) is 2.56. The van der Waals surface area contributed by atoms with Gasteiger partial charge in [0.25, 0.3) is 0 Å². The van der Waals surface area contributed by atoms with Crippen LogP contribution in [0.3, 0.4) is 0 Å². The van der Waals surface area contributed by atoms with Crippen molar-refractivity contribution in [3.05, 3.63) is 66.0 Å². The summed E-state index contributed by atoms with van der Waals surface area (Å²) >= 11 is 0. The number of para-hydroxylation sites is 2. The molecule has 2 aromatic carbocycles. The molecule has 21 heavy (non-hydrogen) atoms. The Morgan fingerprint density at radius 3 is 2.48 bits per heavy atom. The van der Waals surface area contributed by atoms with Crippen molar-refractivity contribution in [3.8, 4) is 0 Å². The molecule has 0 radical (unpaired) electrons. The highest BCUT2D eigenvalue weighted by molar-refractivity contribution is 5.80. The number of rotatable bonds is 4. The zero-order chi connectivity index (χ0) is 14.7. The average molecular weight is 276 g/mol. The van der Waals surface area contributed by atoms with Gasteiger partial charge in [-0.3, -0.25) is 0 Å². The minimum Gasteiger partial charge on any atom is -0.322 e. The summed E-state index contributed by atoms with van der Waals surface area (Å²) in [6.07, 6.45) is 5.33. The topological polar surface area (TPSA) is 17.8 Å². The molecule has 2 heteroatoms. The quantitative estimate of drug-likeness (QED) is 0.642. The van der Waals surface area contributed by atoms with E-state index in [1.807, 2.05) is 12.1 Å². The highest BCUT2D eigenvalue weighted by Crippen LogP contribution is 2.24. The molecule has 0 N–H and O–H groups in total. The molecule has 1 aromatic heterocycles. The van der Waals surface area contributed by atoms with Crippen molar-refractivity contribution in [2.75, 3.05) is 0 Å². The number of benzene rings is 2. The van der Waals surface area contributed by atoms with E-state index in [1.54, 1.807) is 0 Å². The van der Waals surface area contributed by atoms with Crippen LogP contribution in [0.15, 0.2) is 54.6 Å². The van der Waals surface area contributed by atoms with Crippen molar-refractivity contribution < 1.29 is 0 Å². The Morgan fingerprint density at radius 2 is 1.71 bits per heavy atom. The molecule has 1 heterocycles. The van der Waals surface area contributed by atoms with Gasteiger partial charge in [0.15, 0.2) is 0 Å². The second kappa shape index (κ2) is 5.96. The van der Waals surface area contributed by atoms with Crippen molar-refractivity contribution >= 4 is 23.2 Å².